The summed E-state index contributed by atoms with van der Waals surface area (Å²) in [4.78, 5) is 2.56. The van der Waals surface area contributed by atoms with Crippen molar-refractivity contribution in [2.24, 2.45) is 5.92 Å². The van der Waals surface area contributed by atoms with Gasteiger partial charge >= 0.3 is 0 Å². The maximum absolute atomic E-state index is 5.75. The molecule has 0 aromatic heterocycles. The Kier molecular flexibility index (Phi) is 3.42. The van der Waals surface area contributed by atoms with Crippen LogP contribution in [-0.2, 0) is 4.74 Å². The average Bonchev–Trinajstić information content (AvgIpc) is 2.17. The Morgan fingerprint density at radius 3 is 3.14 bits per heavy atom. The summed E-state index contributed by atoms with van der Waals surface area (Å²) in [5.74, 6) is 0.774. The molecule has 2 atom stereocenters. The standard InChI is InChI=1S/C11H22N2O/c1-9(2)7-13-5-3-11-10(8-13)12-4-6-14-11/h9-12H,3-8H2,1-2H3. The first-order valence-electron chi connectivity index (χ1n) is 5.83. The van der Waals surface area contributed by atoms with Gasteiger partial charge in [-0.2, -0.15) is 0 Å². The fourth-order valence-corrected chi connectivity index (χ4v) is 2.53. The molecule has 2 saturated heterocycles. The van der Waals surface area contributed by atoms with Gasteiger partial charge in [0.15, 0.2) is 0 Å². The zero-order chi connectivity index (χ0) is 9.97. The van der Waals surface area contributed by atoms with Gasteiger partial charge in [0.1, 0.15) is 0 Å². The number of hydrogen-bond donors (Lipinski definition) is 1. The van der Waals surface area contributed by atoms with E-state index in [1.165, 1.54) is 26.1 Å². The SMILES string of the molecule is CC(C)CN1CCC2OCCNC2C1. The number of fused-ring (bicyclic) bond motifs is 1. The summed E-state index contributed by atoms with van der Waals surface area (Å²) in [7, 11) is 0. The van der Waals surface area contributed by atoms with E-state index < -0.39 is 0 Å². The molecule has 2 unspecified atom stereocenters. The number of rotatable bonds is 2. The predicted octanol–water partition coefficient (Wildman–Crippen LogP) is 0.705. The van der Waals surface area contributed by atoms with Crippen LogP contribution in [0.15, 0.2) is 0 Å². The lowest BCUT2D eigenvalue weighted by atomic mass is 10.00. The van der Waals surface area contributed by atoms with E-state index in [-0.39, 0.29) is 0 Å². The summed E-state index contributed by atoms with van der Waals surface area (Å²) in [6.45, 7) is 10.1. The van der Waals surface area contributed by atoms with Crippen LogP contribution in [0.5, 0.6) is 0 Å². The van der Waals surface area contributed by atoms with Gasteiger partial charge in [0.05, 0.1) is 12.7 Å². The van der Waals surface area contributed by atoms with Crippen molar-refractivity contribution < 1.29 is 4.74 Å². The first-order chi connectivity index (χ1) is 6.75. The summed E-state index contributed by atoms with van der Waals surface area (Å²) in [6, 6.07) is 0.580. The van der Waals surface area contributed by atoms with Gasteiger partial charge in [-0.3, -0.25) is 0 Å². The van der Waals surface area contributed by atoms with Crippen molar-refractivity contribution in [3.63, 3.8) is 0 Å². The summed E-state index contributed by atoms with van der Waals surface area (Å²) in [6.07, 6.45) is 1.68. The smallest absolute Gasteiger partial charge is 0.0753 e. The van der Waals surface area contributed by atoms with Crippen molar-refractivity contribution in [2.45, 2.75) is 32.4 Å². The maximum Gasteiger partial charge on any atom is 0.0753 e. The maximum atomic E-state index is 5.75. The number of hydrogen-bond acceptors (Lipinski definition) is 3. The van der Waals surface area contributed by atoms with Gasteiger partial charge in [-0.05, 0) is 12.3 Å². The lowest BCUT2D eigenvalue weighted by Crippen LogP contribution is -2.58. The van der Waals surface area contributed by atoms with E-state index in [1.54, 1.807) is 0 Å². The van der Waals surface area contributed by atoms with Crippen LogP contribution >= 0.6 is 0 Å². The molecule has 82 valence electrons. The second-order valence-electron chi connectivity index (χ2n) is 4.91. The van der Waals surface area contributed by atoms with E-state index in [0.29, 0.717) is 12.1 Å². The zero-order valence-electron chi connectivity index (χ0n) is 9.33. The van der Waals surface area contributed by atoms with Crippen molar-refractivity contribution >= 4 is 0 Å². The Morgan fingerprint density at radius 1 is 1.50 bits per heavy atom. The van der Waals surface area contributed by atoms with Crippen molar-refractivity contribution in [2.75, 3.05) is 32.8 Å². The van der Waals surface area contributed by atoms with Gasteiger partial charge in [-0.1, -0.05) is 13.8 Å². The van der Waals surface area contributed by atoms with Gasteiger partial charge in [0, 0.05) is 32.2 Å². The van der Waals surface area contributed by atoms with Crippen molar-refractivity contribution in [1.29, 1.82) is 0 Å². The number of piperidine rings is 1. The van der Waals surface area contributed by atoms with E-state index in [9.17, 15) is 0 Å². The molecular weight excluding hydrogens is 176 g/mol. The van der Waals surface area contributed by atoms with E-state index in [1.807, 2.05) is 0 Å². The Balaban J connectivity index is 1.83. The van der Waals surface area contributed by atoms with Gasteiger partial charge in [0.2, 0.25) is 0 Å². The molecule has 0 spiro atoms. The van der Waals surface area contributed by atoms with E-state index >= 15 is 0 Å². The van der Waals surface area contributed by atoms with Crippen molar-refractivity contribution in [1.82, 2.24) is 10.2 Å². The molecule has 14 heavy (non-hydrogen) atoms. The third kappa shape index (κ3) is 2.47. The molecular formula is C11H22N2O. The van der Waals surface area contributed by atoms with Gasteiger partial charge in [-0.25, -0.2) is 0 Å². The van der Waals surface area contributed by atoms with Crippen LogP contribution in [0.1, 0.15) is 20.3 Å². The van der Waals surface area contributed by atoms with Crippen molar-refractivity contribution in [3.05, 3.63) is 0 Å². The molecule has 3 heteroatoms. The molecule has 0 aromatic carbocycles. The highest BCUT2D eigenvalue weighted by molar-refractivity contribution is 4.88. The molecule has 0 aliphatic carbocycles. The van der Waals surface area contributed by atoms with Gasteiger partial charge < -0.3 is 15.0 Å². The number of morpholine rings is 1. The summed E-state index contributed by atoms with van der Waals surface area (Å²) >= 11 is 0. The second kappa shape index (κ2) is 4.60. The first kappa shape index (κ1) is 10.4. The Hall–Kier alpha value is -0.120. The normalized spacial score (nSPS) is 34.5. The molecule has 0 amide bonds. The average molecular weight is 198 g/mol. The molecule has 0 radical (unpaired) electrons. The van der Waals surface area contributed by atoms with Gasteiger partial charge in [0.25, 0.3) is 0 Å². The van der Waals surface area contributed by atoms with Crippen LogP contribution in [0, 0.1) is 5.92 Å². The largest absolute Gasteiger partial charge is 0.375 e. The first-order valence-corrected chi connectivity index (χ1v) is 5.83. The minimum absolute atomic E-state index is 0.479. The molecule has 0 aromatic rings. The predicted molar refractivity (Wildman–Crippen MR) is 57.4 cm³/mol. The molecule has 0 saturated carbocycles. The highest BCUT2D eigenvalue weighted by Crippen LogP contribution is 2.17. The summed E-state index contributed by atoms with van der Waals surface area (Å²) in [5, 5.41) is 3.56. The Bertz CT molecular complexity index is 184. The third-order valence-electron chi connectivity index (χ3n) is 3.10. The molecule has 2 rings (SSSR count). The summed E-state index contributed by atoms with van der Waals surface area (Å²) < 4.78 is 5.75. The molecule has 3 nitrogen and oxygen atoms in total. The van der Waals surface area contributed by atoms with Crippen LogP contribution in [0.2, 0.25) is 0 Å². The quantitative estimate of drug-likeness (QED) is 0.707. The molecule has 2 aliphatic rings. The molecule has 1 N–H and O–H groups in total. The van der Waals surface area contributed by atoms with Crippen molar-refractivity contribution in [3.8, 4) is 0 Å². The van der Waals surface area contributed by atoms with Gasteiger partial charge in [-0.15, -0.1) is 0 Å². The topological polar surface area (TPSA) is 24.5 Å². The minimum Gasteiger partial charge on any atom is -0.375 e. The molecule has 2 fully saturated rings. The van der Waals surface area contributed by atoms with Crippen LogP contribution in [0.3, 0.4) is 0 Å². The fourth-order valence-electron chi connectivity index (χ4n) is 2.53. The zero-order valence-corrected chi connectivity index (χ0v) is 9.33. The number of nitrogens with one attached hydrogen (secondary N) is 1. The Labute approximate surface area is 86.8 Å². The van der Waals surface area contributed by atoms with Crippen LogP contribution in [0.4, 0.5) is 0 Å². The second-order valence-corrected chi connectivity index (χ2v) is 4.91. The number of likely N-dealkylation sites (tertiary alicyclic amines) is 1. The number of ether oxygens (including phenoxy) is 1. The monoisotopic (exact) mass is 198 g/mol. The third-order valence-corrected chi connectivity index (χ3v) is 3.10. The molecule has 0 bridgehead atoms. The lowest BCUT2D eigenvalue weighted by Gasteiger charge is -2.42. The lowest BCUT2D eigenvalue weighted by molar-refractivity contribution is -0.0444. The van der Waals surface area contributed by atoms with Crippen LogP contribution < -0.4 is 5.32 Å². The van der Waals surface area contributed by atoms with Crippen LogP contribution in [-0.4, -0.2) is 49.8 Å². The van der Waals surface area contributed by atoms with Crippen LogP contribution in [0.25, 0.3) is 0 Å². The van der Waals surface area contributed by atoms with E-state index in [4.69, 9.17) is 4.74 Å². The molecule has 2 aliphatic heterocycles. The Morgan fingerprint density at radius 2 is 2.36 bits per heavy atom. The molecule has 2 heterocycles. The number of nitrogens with zero attached hydrogens (tertiary/aromatic N) is 1. The fraction of sp³-hybridized carbons (Fsp3) is 1.00. The summed E-state index contributed by atoms with van der Waals surface area (Å²) in [5.41, 5.74) is 0. The van der Waals surface area contributed by atoms with E-state index in [0.717, 1.165) is 19.1 Å². The minimum atomic E-state index is 0.479. The highest BCUT2D eigenvalue weighted by Gasteiger charge is 2.31. The highest BCUT2D eigenvalue weighted by atomic mass is 16.5. The van der Waals surface area contributed by atoms with E-state index in [2.05, 4.69) is 24.1 Å².